The van der Waals surface area contributed by atoms with E-state index in [2.05, 4.69) is 4.74 Å². The number of anilines is 1. The summed E-state index contributed by atoms with van der Waals surface area (Å²) < 4.78 is 19.6. The second kappa shape index (κ2) is 5.30. The molecule has 1 aromatic heterocycles. The molecule has 1 aliphatic rings. The minimum Gasteiger partial charge on any atom is -0.465 e. The molecule has 0 fully saturated rings. The number of carbonyl (C=O) groups excluding carboxylic acids is 3. The number of nitrogens with one attached hydrogen (secondary N) is 1. The highest BCUT2D eigenvalue weighted by atomic mass is 19.1. The van der Waals surface area contributed by atoms with Gasteiger partial charge in [-0.2, -0.15) is 0 Å². The van der Waals surface area contributed by atoms with Crippen molar-refractivity contribution in [3.05, 3.63) is 57.1 Å². The molecule has 0 spiro atoms. The average Bonchev–Trinajstić information content (AvgIpc) is 2.82. The summed E-state index contributed by atoms with van der Waals surface area (Å²) in [6, 6.07) is 4.18. The van der Waals surface area contributed by atoms with Crippen molar-refractivity contribution >= 4 is 23.6 Å². The van der Waals surface area contributed by atoms with Gasteiger partial charge in [0.15, 0.2) is 0 Å². The molecular formula is C15H10FN3O5. The molecule has 3 rings (SSSR count). The minimum atomic E-state index is -0.920. The van der Waals surface area contributed by atoms with E-state index in [0.29, 0.717) is 0 Å². The maximum atomic E-state index is 14.3. The molecule has 8 nitrogen and oxygen atoms in total. The predicted molar refractivity (Wildman–Crippen MR) is 79.5 cm³/mol. The van der Waals surface area contributed by atoms with Gasteiger partial charge in [-0.1, -0.05) is 0 Å². The van der Waals surface area contributed by atoms with E-state index in [1.165, 1.54) is 6.07 Å². The highest BCUT2D eigenvalue weighted by molar-refractivity contribution is 6.23. The lowest BCUT2D eigenvalue weighted by molar-refractivity contribution is 0.0599. The molecule has 2 aromatic rings. The van der Waals surface area contributed by atoms with E-state index in [9.17, 15) is 23.6 Å². The van der Waals surface area contributed by atoms with Crippen molar-refractivity contribution in [3.63, 3.8) is 0 Å². The van der Waals surface area contributed by atoms with Crippen LogP contribution in [-0.4, -0.2) is 29.5 Å². The number of imide groups is 1. The summed E-state index contributed by atoms with van der Waals surface area (Å²) >= 11 is 0. The van der Waals surface area contributed by atoms with Gasteiger partial charge in [0.1, 0.15) is 11.6 Å². The molecule has 1 aliphatic heterocycles. The summed E-state index contributed by atoms with van der Waals surface area (Å²) in [5.74, 6) is -3.55. The molecular weight excluding hydrogens is 321 g/mol. The zero-order chi connectivity index (χ0) is 17.6. The van der Waals surface area contributed by atoms with Gasteiger partial charge in [0.25, 0.3) is 17.4 Å². The molecule has 0 radical (unpaired) electrons. The number of benzene rings is 1. The molecule has 0 atom stereocenters. The van der Waals surface area contributed by atoms with Crippen LogP contribution in [0.15, 0.2) is 29.1 Å². The Labute approximate surface area is 133 Å². The van der Waals surface area contributed by atoms with Gasteiger partial charge < -0.3 is 10.5 Å². The summed E-state index contributed by atoms with van der Waals surface area (Å²) in [6.07, 6.45) is 0. The molecule has 0 saturated carbocycles. The van der Waals surface area contributed by atoms with Crippen LogP contribution in [0.1, 0.15) is 31.1 Å². The fraction of sp³-hybridized carbons (Fsp3) is 0.0667. The van der Waals surface area contributed by atoms with Crippen LogP contribution < -0.4 is 16.6 Å². The molecule has 0 aliphatic carbocycles. The summed E-state index contributed by atoms with van der Waals surface area (Å²) in [6.45, 7) is 0. The molecule has 24 heavy (non-hydrogen) atoms. The Bertz CT molecular complexity index is 980. The molecule has 2 heterocycles. The number of rotatable bonds is 2. The lowest BCUT2D eigenvalue weighted by Crippen LogP contribution is -2.25. The van der Waals surface area contributed by atoms with Crippen molar-refractivity contribution in [2.24, 2.45) is 0 Å². The summed E-state index contributed by atoms with van der Waals surface area (Å²) in [5.41, 5.74) is 4.33. The summed E-state index contributed by atoms with van der Waals surface area (Å²) in [5, 5.41) is 2.01. The number of nitrogens with two attached hydrogens (primary N) is 1. The average molecular weight is 331 g/mol. The van der Waals surface area contributed by atoms with Crippen LogP contribution >= 0.6 is 0 Å². The molecule has 2 amide bonds. The van der Waals surface area contributed by atoms with Crippen molar-refractivity contribution in [2.45, 2.75) is 0 Å². The zero-order valence-corrected chi connectivity index (χ0v) is 12.3. The Balaban J connectivity index is 2.24. The topological polar surface area (TPSA) is 120 Å². The SMILES string of the molecule is COC(=O)c1ccc(-n2c(N)c3c(cc2=O)C(=O)NC3=O)c(F)c1. The molecule has 0 saturated heterocycles. The number of halogens is 1. The molecule has 0 unspecified atom stereocenters. The second-order valence-corrected chi connectivity index (χ2v) is 4.93. The fourth-order valence-electron chi connectivity index (χ4n) is 2.46. The molecule has 0 bridgehead atoms. The minimum absolute atomic E-state index is 0.0561. The number of pyridine rings is 1. The third kappa shape index (κ3) is 2.14. The van der Waals surface area contributed by atoms with E-state index in [0.717, 1.165) is 29.9 Å². The van der Waals surface area contributed by atoms with Gasteiger partial charge in [-0.25, -0.2) is 9.18 Å². The van der Waals surface area contributed by atoms with Crippen molar-refractivity contribution in [1.82, 2.24) is 9.88 Å². The van der Waals surface area contributed by atoms with E-state index < -0.39 is 29.2 Å². The maximum Gasteiger partial charge on any atom is 0.337 e. The van der Waals surface area contributed by atoms with Crippen LogP contribution in [0.3, 0.4) is 0 Å². The summed E-state index contributed by atoms with van der Waals surface area (Å²) in [7, 11) is 1.15. The standard InChI is InChI=1S/C15H10FN3O5/c1-24-15(23)6-2-3-9(8(16)4-6)19-10(20)5-7-11(12(19)17)14(22)18-13(7)21/h2-5H,17H2,1H3,(H,18,21,22). The van der Waals surface area contributed by atoms with E-state index in [1.807, 2.05) is 5.32 Å². The van der Waals surface area contributed by atoms with Crippen LogP contribution in [0.2, 0.25) is 0 Å². The van der Waals surface area contributed by atoms with Gasteiger partial charge in [-0.15, -0.1) is 0 Å². The van der Waals surface area contributed by atoms with E-state index in [1.54, 1.807) is 0 Å². The Morgan fingerprint density at radius 3 is 2.54 bits per heavy atom. The van der Waals surface area contributed by atoms with Gasteiger partial charge in [0, 0.05) is 6.07 Å². The first-order chi connectivity index (χ1) is 11.3. The van der Waals surface area contributed by atoms with Gasteiger partial charge in [-0.3, -0.25) is 24.3 Å². The van der Waals surface area contributed by atoms with Crippen LogP contribution in [-0.2, 0) is 4.74 Å². The highest BCUT2D eigenvalue weighted by Gasteiger charge is 2.32. The van der Waals surface area contributed by atoms with Gasteiger partial charge in [0.2, 0.25) is 0 Å². The maximum absolute atomic E-state index is 14.3. The third-order valence-electron chi connectivity index (χ3n) is 3.56. The number of hydrogen-bond donors (Lipinski definition) is 2. The number of nitrogen functional groups attached to an aromatic ring is 1. The second-order valence-electron chi connectivity index (χ2n) is 4.93. The largest absolute Gasteiger partial charge is 0.465 e. The number of aromatic nitrogens is 1. The number of carbonyl (C=O) groups is 3. The van der Waals surface area contributed by atoms with Crippen molar-refractivity contribution < 1.29 is 23.5 Å². The Hall–Kier alpha value is -3.49. The van der Waals surface area contributed by atoms with Crippen LogP contribution in [0.4, 0.5) is 10.2 Å². The monoisotopic (exact) mass is 331 g/mol. The Kier molecular flexibility index (Phi) is 3.40. The van der Waals surface area contributed by atoms with E-state index in [-0.39, 0.29) is 28.2 Å². The van der Waals surface area contributed by atoms with Crippen LogP contribution in [0.25, 0.3) is 5.69 Å². The molecule has 3 N–H and O–H groups in total. The first kappa shape index (κ1) is 15.4. The lowest BCUT2D eigenvalue weighted by Gasteiger charge is -2.13. The van der Waals surface area contributed by atoms with Crippen LogP contribution in [0.5, 0.6) is 0 Å². The number of methoxy groups -OCH3 is 1. The molecule has 122 valence electrons. The molecule has 9 heteroatoms. The number of fused-ring (bicyclic) bond motifs is 1. The fourth-order valence-corrected chi connectivity index (χ4v) is 2.46. The zero-order valence-electron chi connectivity index (χ0n) is 12.3. The van der Waals surface area contributed by atoms with E-state index in [4.69, 9.17) is 5.73 Å². The van der Waals surface area contributed by atoms with Gasteiger partial charge in [0.05, 0.1) is 29.5 Å². The lowest BCUT2D eigenvalue weighted by atomic mass is 10.1. The Morgan fingerprint density at radius 1 is 1.21 bits per heavy atom. The Morgan fingerprint density at radius 2 is 1.92 bits per heavy atom. The van der Waals surface area contributed by atoms with Crippen molar-refractivity contribution in [1.29, 1.82) is 0 Å². The van der Waals surface area contributed by atoms with Crippen molar-refractivity contribution in [3.8, 4) is 5.69 Å². The number of nitrogens with zero attached hydrogens (tertiary/aromatic N) is 1. The number of esters is 1. The van der Waals surface area contributed by atoms with Crippen molar-refractivity contribution in [2.75, 3.05) is 12.8 Å². The van der Waals surface area contributed by atoms with Gasteiger partial charge in [-0.05, 0) is 18.2 Å². The predicted octanol–water partition coefficient (Wildman–Crippen LogP) is 0.229. The smallest absolute Gasteiger partial charge is 0.337 e. The normalized spacial score (nSPS) is 12.8. The number of ether oxygens (including phenoxy) is 1. The van der Waals surface area contributed by atoms with Gasteiger partial charge >= 0.3 is 5.97 Å². The van der Waals surface area contributed by atoms with Crippen LogP contribution in [0, 0.1) is 5.82 Å². The first-order valence-electron chi connectivity index (χ1n) is 6.64. The molecule has 1 aromatic carbocycles. The van der Waals surface area contributed by atoms with E-state index >= 15 is 0 Å². The number of amides is 2. The number of hydrogen-bond acceptors (Lipinski definition) is 6. The third-order valence-corrected chi connectivity index (χ3v) is 3.56. The highest BCUT2D eigenvalue weighted by Crippen LogP contribution is 2.24. The summed E-state index contributed by atoms with van der Waals surface area (Å²) in [4.78, 5) is 47.0. The quantitative estimate of drug-likeness (QED) is 0.600. The first-order valence-corrected chi connectivity index (χ1v) is 6.64.